The largest absolute Gasteiger partial charge is 0.309 e. The van der Waals surface area contributed by atoms with E-state index in [-0.39, 0.29) is 11.6 Å². The van der Waals surface area contributed by atoms with E-state index in [9.17, 15) is 9.59 Å². The van der Waals surface area contributed by atoms with Gasteiger partial charge < -0.3 is 4.90 Å². The lowest BCUT2D eigenvalue weighted by atomic mass is 10.1. The van der Waals surface area contributed by atoms with E-state index in [1.807, 2.05) is 0 Å². The van der Waals surface area contributed by atoms with Crippen LogP contribution in [0, 0.1) is 0 Å². The Bertz CT molecular complexity index is 786. The quantitative estimate of drug-likeness (QED) is 0.425. The van der Waals surface area contributed by atoms with Crippen molar-refractivity contribution in [2.75, 3.05) is 11.9 Å². The van der Waals surface area contributed by atoms with Crippen LogP contribution in [0.4, 0.5) is 5.69 Å². The standard InChI is InChI=1S/C16H14BrClN4O2/c1-3-12(19-8-15-20-7-14(17)21-15)16(24)22(2)13-5-4-11(18)6-10(13)9-23/h3-9,15H,1-2H3/b12-3-,19-8?. The van der Waals surface area contributed by atoms with Crippen molar-refractivity contribution in [3.05, 3.63) is 40.6 Å². The fourth-order valence-electron chi connectivity index (χ4n) is 2.01. The molecule has 0 aliphatic carbocycles. The Balaban J connectivity index is 2.21. The average Bonchev–Trinajstić information content (AvgIpc) is 2.99. The molecule has 0 saturated heterocycles. The number of carbonyl (C=O) groups is 2. The molecule has 0 aromatic heterocycles. The number of aldehydes is 1. The molecule has 2 rings (SSSR count). The minimum absolute atomic E-state index is 0.220. The molecular formula is C16H14BrClN4O2. The molecule has 124 valence electrons. The van der Waals surface area contributed by atoms with E-state index < -0.39 is 6.17 Å². The molecule has 1 aliphatic rings. The highest BCUT2D eigenvalue weighted by Gasteiger charge is 2.18. The second kappa shape index (κ2) is 8.12. The van der Waals surface area contributed by atoms with Gasteiger partial charge in [-0.2, -0.15) is 0 Å². The topological polar surface area (TPSA) is 74.5 Å². The van der Waals surface area contributed by atoms with Gasteiger partial charge in [-0.1, -0.05) is 17.7 Å². The molecule has 6 nitrogen and oxygen atoms in total. The van der Waals surface area contributed by atoms with E-state index in [2.05, 4.69) is 30.9 Å². The second-order valence-corrected chi connectivity index (χ2v) is 6.03. The zero-order valence-corrected chi connectivity index (χ0v) is 15.3. The van der Waals surface area contributed by atoms with Crippen molar-refractivity contribution < 1.29 is 9.59 Å². The van der Waals surface area contributed by atoms with Crippen LogP contribution < -0.4 is 4.90 Å². The number of aliphatic imine (C=N–C) groups is 3. The summed E-state index contributed by atoms with van der Waals surface area (Å²) in [4.78, 5) is 37.6. The molecule has 0 bridgehead atoms. The van der Waals surface area contributed by atoms with E-state index in [0.29, 0.717) is 27.2 Å². The van der Waals surface area contributed by atoms with Crippen molar-refractivity contribution in [2.24, 2.45) is 15.0 Å². The molecule has 1 unspecified atom stereocenters. The maximum absolute atomic E-state index is 12.6. The minimum atomic E-state index is -0.450. The number of allylic oxidation sites excluding steroid dienone is 1. The summed E-state index contributed by atoms with van der Waals surface area (Å²) in [7, 11) is 1.57. The molecule has 24 heavy (non-hydrogen) atoms. The van der Waals surface area contributed by atoms with Crippen molar-refractivity contribution in [1.82, 2.24) is 0 Å². The molecule has 0 radical (unpaired) electrons. The maximum atomic E-state index is 12.6. The smallest absolute Gasteiger partial charge is 0.276 e. The highest BCUT2D eigenvalue weighted by molar-refractivity contribution is 9.19. The van der Waals surface area contributed by atoms with E-state index in [4.69, 9.17) is 11.6 Å². The Labute approximate surface area is 152 Å². The number of benzene rings is 1. The van der Waals surface area contributed by atoms with Crippen LogP contribution in [-0.4, -0.2) is 42.5 Å². The van der Waals surface area contributed by atoms with Gasteiger partial charge in [0.15, 0.2) is 12.5 Å². The highest BCUT2D eigenvalue weighted by atomic mass is 79.9. The fourth-order valence-corrected chi connectivity index (χ4v) is 2.52. The van der Waals surface area contributed by atoms with Gasteiger partial charge in [0.25, 0.3) is 5.91 Å². The lowest BCUT2D eigenvalue weighted by molar-refractivity contribution is -0.114. The number of rotatable bonds is 5. The Hall–Kier alpha value is -2.12. The molecule has 0 saturated carbocycles. The van der Waals surface area contributed by atoms with Gasteiger partial charge >= 0.3 is 0 Å². The lowest BCUT2D eigenvalue weighted by Gasteiger charge is -2.19. The van der Waals surface area contributed by atoms with Crippen molar-refractivity contribution in [1.29, 1.82) is 0 Å². The van der Waals surface area contributed by atoms with Crippen molar-refractivity contribution in [2.45, 2.75) is 13.1 Å². The molecule has 1 aliphatic heterocycles. The number of amides is 1. The van der Waals surface area contributed by atoms with Crippen molar-refractivity contribution in [3.63, 3.8) is 0 Å². The Morgan fingerprint density at radius 1 is 1.46 bits per heavy atom. The first-order chi connectivity index (χ1) is 11.5. The molecule has 1 heterocycles. The normalized spacial score (nSPS) is 17.2. The zero-order valence-electron chi connectivity index (χ0n) is 13.0. The maximum Gasteiger partial charge on any atom is 0.276 e. The Kier molecular flexibility index (Phi) is 6.16. The Morgan fingerprint density at radius 2 is 2.21 bits per heavy atom. The van der Waals surface area contributed by atoms with E-state index >= 15 is 0 Å². The number of carbonyl (C=O) groups excluding carboxylic acids is 2. The number of likely N-dealkylation sites (N-methyl/N-ethyl adjacent to an activating group) is 1. The van der Waals surface area contributed by atoms with Gasteiger partial charge in [-0.05, 0) is 41.1 Å². The van der Waals surface area contributed by atoms with Crippen LogP contribution in [0.1, 0.15) is 17.3 Å². The number of nitrogens with zero attached hydrogens (tertiary/aromatic N) is 4. The van der Waals surface area contributed by atoms with Crippen LogP contribution in [0.25, 0.3) is 0 Å². The molecular weight excluding hydrogens is 396 g/mol. The summed E-state index contributed by atoms with van der Waals surface area (Å²) in [6, 6.07) is 4.74. The predicted molar refractivity (Wildman–Crippen MR) is 101 cm³/mol. The molecule has 0 spiro atoms. The fraction of sp³-hybridized carbons (Fsp3) is 0.188. The van der Waals surface area contributed by atoms with Gasteiger partial charge in [0, 0.05) is 17.6 Å². The van der Waals surface area contributed by atoms with Crippen LogP contribution in [0.3, 0.4) is 0 Å². The third-order valence-corrected chi connectivity index (χ3v) is 3.86. The summed E-state index contributed by atoms with van der Waals surface area (Å²) < 4.78 is 0.626. The van der Waals surface area contributed by atoms with Gasteiger partial charge in [0.2, 0.25) is 0 Å². The van der Waals surface area contributed by atoms with Crippen LogP contribution in [0.5, 0.6) is 0 Å². The first kappa shape index (κ1) is 18.2. The summed E-state index contributed by atoms with van der Waals surface area (Å²) in [5.41, 5.74) is 0.998. The van der Waals surface area contributed by atoms with Crippen molar-refractivity contribution in [3.8, 4) is 0 Å². The molecule has 0 fully saturated rings. The number of anilines is 1. The van der Waals surface area contributed by atoms with E-state index in [1.54, 1.807) is 38.4 Å². The van der Waals surface area contributed by atoms with Gasteiger partial charge in [-0.3, -0.25) is 19.6 Å². The van der Waals surface area contributed by atoms with E-state index in [1.165, 1.54) is 17.2 Å². The van der Waals surface area contributed by atoms with Crippen LogP contribution in [0.15, 0.2) is 44.9 Å². The predicted octanol–water partition coefficient (Wildman–Crippen LogP) is 3.29. The van der Waals surface area contributed by atoms with Gasteiger partial charge in [0.05, 0.1) is 18.1 Å². The van der Waals surface area contributed by atoms with Gasteiger partial charge in [0.1, 0.15) is 10.3 Å². The molecule has 1 aromatic rings. The summed E-state index contributed by atoms with van der Waals surface area (Å²) in [5, 5.41) is 0.425. The molecule has 1 amide bonds. The van der Waals surface area contributed by atoms with Crippen LogP contribution in [-0.2, 0) is 4.79 Å². The van der Waals surface area contributed by atoms with Crippen LogP contribution in [0.2, 0.25) is 5.02 Å². The summed E-state index contributed by atoms with van der Waals surface area (Å²) in [6.07, 6.45) is 4.85. The molecule has 1 aromatic carbocycles. The molecule has 8 heteroatoms. The zero-order chi connectivity index (χ0) is 17.7. The number of hydrogen-bond donors (Lipinski definition) is 0. The van der Waals surface area contributed by atoms with Crippen LogP contribution >= 0.6 is 27.5 Å². The highest BCUT2D eigenvalue weighted by Crippen LogP contribution is 2.23. The minimum Gasteiger partial charge on any atom is -0.309 e. The summed E-state index contributed by atoms with van der Waals surface area (Å²) in [5.74, 6) is -0.357. The molecule has 0 N–H and O–H groups in total. The third kappa shape index (κ3) is 4.24. The number of halogens is 2. The van der Waals surface area contributed by atoms with Gasteiger partial charge in [-0.15, -0.1) is 0 Å². The molecule has 1 atom stereocenters. The van der Waals surface area contributed by atoms with Gasteiger partial charge in [-0.25, -0.2) is 4.99 Å². The van der Waals surface area contributed by atoms with Crippen molar-refractivity contribution >= 4 is 62.5 Å². The summed E-state index contributed by atoms with van der Waals surface area (Å²) in [6.45, 7) is 1.71. The first-order valence-electron chi connectivity index (χ1n) is 6.96. The van der Waals surface area contributed by atoms with E-state index in [0.717, 1.165) is 0 Å². The first-order valence-corrected chi connectivity index (χ1v) is 8.13. The number of hydrogen-bond acceptors (Lipinski definition) is 5. The third-order valence-electron chi connectivity index (χ3n) is 3.21. The SMILES string of the molecule is C/C=C(\N=CC1N=CC(Br)=N1)C(=O)N(C)c1ccc(Cl)cc1C=O. The monoisotopic (exact) mass is 408 g/mol. The summed E-state index contributed by atoms with van der Waals surface area (Å²) >= 11 is 9.09. The lowest BCUT2D eigenvalue weighted by Crippen LogP contribution is -2.28. The Morgan fingerprint density at radius 3 is 2.79 bits per heavy atom. The second-order valence-electron chi connectivity index (χ2n) is 4.78. The average molecular weight is 410 g/mol.